The third-order valence-corrected chi connectivity index (χ3v) is 8.99. The number of oxazole rings is 1. The van der Waals surface area contributed by atoms with E-state index in [1.807, 2.05) is 30.3 Å². The predicted octanol–water partition coefficient (Wildman–Crippen LogP) is 6.75. The van der Waals surface area contributed by atoms with Crippen molar-refractivity contribution in [3.8, 4) is 11.3 Å². The lowest BCUT2D eigenvalue weighted by molar-refractivity contribution is 0.0989. The van der Waals surface area contributed by atoms with Gasteiger partial charge in [-0.25, -0.2) is 12.8 Å². The van der Waals surface area contributed by atoms with Crippen LogP contribution in [0.5, 0.6) is 0 Å². The van der Waals surface area contributed by atoms with E-state index >= 15 is 0 Å². The Kier molecular flexibility index (Phi) is 6.81. The SMILES string of the molecule is CCC(=O)c1c(-c2ccc(F)cc2)oc2cc(N(C)S(C)(=O)=O)c([C@H]3CCCN(c4nc5ccccc5o4)C3)cc12. The Labute approximate surface area is 237 Å². The normalized spacial score (nSPS) is 16.0. The quantitative estimate of drug-likeness (QED) is 0.198. The molecule has 1 aliphatic rings. The molecule has 1 aliphatic heterocycles. The molecule has 0 N–H and O–H groups in total. The van der Waals surface area contributed by atoms with E-state index in [0.717, 1.165) is 36.7 Å². The average Bonchev–Trinajstić information content (AvgIpc) is 3.57. The summed E-state index contributed by atoms with van der Waals surface area (Å²) in [4.78, 5) is 20.0. The first-order chi connectivity index (χ1) is 19.6. The maximum absolute atomic E-state index is 13.7. The number of Topliss-reactive ketones (excluding diaryl/α,β-unsaturated/α-hetero) is 1. The number of hydrogen-bond donors (Lipinski definition) is 0. The number of ketones is 1. The highest BCUT2D eigenvalue weighted by Crippen LogP contribution is 2.42. The van der Waals surface area contributed by atoms with Gasteiger partial charge in [-0.3, -0.25) is 9.10 Å². The van der Waals surface area contributed by atoms with E-state index in [0.29, 0.717) is 51.7 Å². The molecule has 0 unspecified atom stereocenters. The summed E-state index contributed by atoms with van der Waals surface area (Å²) in [7, 11) is -2.09. The van der Waals surface area contributed by atoms with Crippen LogP contribution in [0.3, 0.4) is 0 Å². The van der Waals surface area contributed by atoms with Gasteiger partial charge >= 0.3 is 0 Å². The molecule has 212 valence electrons. The highest BCUT2D eigenvalue weighted by atomic mass is 32.2. The van der Waals surface area contributed by atoms with Gasteiger partial charge in [0.1, 0.15) is 22.7 Å². The number of hydrogen-bond acceptors (Lipinski definition) is 7. The van der Waals surface area contributed by atoms with Crippen LogP contribution < -0.4 is 9.21 Å². The van der Waals surface area contributed by atoms with Crippen molar-refractivity contribution in [2.75, 3.05) is 35.6 Å². The number of nitrogens with zero attached hydrogens (tertiary/aromatic N) is 3. The minimum Gasteiger partial charge on any atom is -0.455 e. The number of halogens is 1. The van der Waals surface area contributed by atoms with E-state index in [1.165, 1.54) is 23.5 Å². The van der Waals surface area contributed by atoms with E-state index in [1.54, 1.807) is 25.1 Å². The van der Waals surface area contributed by atoms with E-state index in [4.69, 9.17) is 8.83 Å². The van der Waals surface area contributed by atoms with E-state index < -0.39 is 15.8 Å². The third kappa shape index (κ3) is 4.97. The molecule has 1 atom stereocenters. The summed E-state index contributed by atoms with van der Waals surface area (Å²) < 4.78 is 52.7. The highest BCUT2D eigenvalue weighted by Gasteiger charge is 2.31. The van der Waals surface area contributed by atoms with Crippen LogP contribution in [0, 0.1) is 5.82 Å². The van der Waals surface area contributed by atoms with Crippen molar-refractivity contribution >= 4 is 49.6 Å². The number of carbonyl (C=O) groups excluding carboxylic acids is 1. The second kappa shape index (κ2) is 10.3. The van der Waals surface area contributed by atoms with Gasteiger partial charge in [-0.1, -0.05) is 19.1 Å². The first-order valence-corrected chi connectivity index (χ1v) is 15.4. The number of para-hydroxylation sites is 2. The number of carbonyl (C=O) groups is 1. The number of aromatic nitrogens is 1. The summed E-state index contributed by atoms with van der Waals surface area (Å²) >= 11 is 0. The van der Waals surface area contributed by atoms with E-state index in [2.05, 4.69) is 9.88 Å². The fourth-order valence-corrected chi connectivity index (χ4v) is 6.10. The number of anilines is 2. The number of fused-ring (bicyclic) bond motifs is 2. The van der Waals surface area contributed by atoms with Crippen molar-refractivity contribution in [3.05, 3.63) is 77.6 Å². The summed E-state index contributed by atoms with van der Waals surface area (Å²) in [6.45, 7) is 3.09. The van der Waals surface area contributed by atoms with Gasteiger partial charge in [0.15, 0.2) is 11.4 Å². The van der Waals surface area contributed by atoms with Crippen LogP contribution in [-0.4, -0.2) is 45.6 Å². The molecule has 6 rings (SSSR count). The maximum atomic E-state index is 13.7. The summed E-state index contributed by atoms with van der Waals surface area (Å²) in [5, 5.41) is 0.607. The second-order valence-corrected chi connectivity index (χ2v) is 12.5. The van der Waals surface area contributed by atoms with Crippen LogP contribution in [0.15, 0.2) is 69.5 Å². The average molecular weight is 576 g/mol. The predicted molar refractivity (Wildman–Crippen MR) is 158 cm³/mol. The Bertz CT molecular complexity index is 1840. The summed E-state index contributed by atoms with van der Waals surface area (Å²) in [5.74, 6) is -0.242. The van der Waals surface area contributed by atoms with Crippen LogP contribution in [-0.2, 0) is 10.0 Å². The van der Waals surface area contributed by atoms with Crippen LogP contribution in [0.2, 0.25) is 0 Å². The Morgan fingerprint density at radius 3 is 2.56 bits per heavy atom. The van der Waals surface area contributed by atoms with Crippen LogP contribution in [0.1, 0.15) is 48.0 Å². The molecule has 0 spiro atoms. The van der Waals surface area contributed by atoms with Gasteiger partial charge in [0, 0.05) is 49.5 Å². The molecule has 0 amide bonds. The highest BCUT2D eigenvalue weighted by molar-refractivity contribution is 7.92. The maximum Gasteiger partial charge on any atom is 0.298 e. The molecule has 0 radical (unpaired) electrons. The molecule has 0 aliphatic carbocycles. The molecule has 0 saturated carbocycles. The number of sulfonamides is 1. The summed E-state index contributed by atoms with van der Waals surface area (Å²) in [6, 6.07) is 17.5. The number of rotatable bonds is 7. The van der Waals surface area contributed by atoms with Gasteiger partial charge in [0.05, 0.1) is 17.5 Å². The molecule has 2 aromatic heterocycles. The largest absolute Gasteiger partial charge is 0.455 e. The van der Waals surface area contributed by atoms with Crippen molar-refractivity contribution < 1.29 is 26.4 Å². The fraction of sp³-hybridized carbons (Fsp3) is 0.290. The third-order valence-electron chi connectivity index (χ3n) is 7.79. The minimum absolute atomic E-state index is 0.0730. The molecule has 3 aromatic carbocycles. The molecule has 10 heteroatoms. The first kappa shape index (κ1) is 27.0. The first-order valence-electron chi connectivity index (χ1n) is 13.6. The van der Waals surface area contributed by atoms with Crippen molar-refractivity contribution in [1.82, 2.24) is 4.98 Å². The van der Waals surface area contributed by atoms with E-state index in [-0.39, 0.29) is 18.1 Å². The standard InChI is InChI=1S/C31H30FN3O5S/c1-4-26(36)29-23-16-22(20-8-7-15-35(18-20)31-33-24-9-5-6-10-27(24)40-31)25(34(2)41(3,37)38)17-28(23)39-30(29)19-11-13-21(32)14-12-19/h5-6,9-14,16-17,20H,4,7-8,15,18H2,1-3H3/t20-/m0/s1. The Balaban J connectivity index is 1.50. The van der Waals surface area contributed by atoms with Gasteiger partial charge < -0.3 is 13.7 Å². The zero-order chi connectivity index (χ0) is 28.9. The monoisotopic (exact) mass is 575 g/mol. The fourth-order valence-electron chi connectivity index (χ4n) is 5.59. The van der Waals surface area contributed by atoms with Crippen molar-refractivity contribution in [2.45, 2.75) is 32.1 Å². The van der Waals surface area contributed by atoms with Crippen LogP contribution >= 0.6 is 0 Å². The Morgan fingerprint density at radius 2 is 1.85 bits per heavy atom. The Hall–Kier alpha value is -4.18. The van der Waals surface area contributed by atoms with Gasteiger partial charge in [-0.2, -0.15) is 4.98 Å². The zero-order valence-corrected chi connectivity index (χ0v) is 23.9. The smallest absolute Gasteiger partial charge is 0.298 e. The van der Waals surface area contributed by atoms with Crippen LogP contribution in [0.4, 0.5) is 16.1 Å². The summed E-state index contributed by atoms with van der Waals surface area (Å²) in [5.41, 5.74) is 4.13. The lowest BCUT2D eigenvalue weighted by Crippen LogP contribution is -2.35. The van der Waals surface area contributed by atoms with Gasteiger partial charge in [-0.05, 0) is 60.9 Å². The van der Waals surface area contributed by atoms with Crippen molar-refractivity contribution in [3.63, 3.8) is 0 Å². The van der Waals surface area contributed by atoms with Crippen molar-refractivity contribution in [2.24, 2.45) is 0 Å². The molecule has 41 heavy (non-hydrogen) atoms. The topological polar surface area (TPSA) is 96.9 Å². The molecular formula is C31H30FN3O5S. The lowest BCUT2D eigenvalue weighted by atomic mass is 9.88. The zero-order valence-electron chi connectivity index (χ0n) is 23.1. The number of piperidine rings is 1. The molecular weight excluding hydrogens is 545 g/mol. The number of benzene rings is 3. The van der Waals surface area contributed by atoms with Crippen molar-refractivity contribution in [1.29, 1.82) is 0 Å². The molecule has 8 nitrogen and oxygen atoms in total. The molecule has 0 bridgehead atoms. The molecule has 1 saturated heterocycles. The van der Waals surface area contributed by atoms with Gasteiger partial charge in [0.2, 0.25) is 10.0 Å². The molecule has 3 heterocycles. The molecule has 5 aromatic rings. The second-order valence-electron chi connectivity index (χ2n) is 10.5. The lowest BCUT2D eigenvalue weighted by Gasteiger charge is -2.34. The summed E-state index contributed by atoms with van der Waals surface area (Å²) in [6.07, 6.45) is 3.06. The molecule has 1 fully saturated rings. The van der Waals surface area contributed by atoms with Crippen LogP contribution in [0.25, 0.3) is 33.4 Å². The van der Waals surface area contributed by atoms with E-state index in [9.17, 15) is 17.6 Å². The van der Waals surface area contributed by atoms with Gasteiger partial charge in [0.25, 0.3) is 6.01 Å². The van der Waals surface area contributed by atoms with Gasteiger partial charge in [-0.15, -0.1) is 0 Å². The number of furan rings is 1. The Morgan fingerprint density at radius 1 is 1.10 bits per heavy atom. The minimum atomic E-state index is -3.61.